The summed E-state index contributed by atoms with van der Waals surface area (Å²) in [6.45, 7) is 1.70. The van der Waals surface area contributed by atoms with Crippen LogP contribution in [0.1, 0.15) is 24.8 Å². The molecule has 0 unspecified atom stereocenters. The van der Waals surface area contributed by atoms with Crippen molar-refractivity contribution in [2.45, 2.75) is 48.4 Å². The van der Waals surface area contributed by atoms with Gasteiger partial charge < -0.3 is 4.90 Å². The Balaban J connectivity index is 1.48. The van der Waals surface area contributed by atoms with Crippen LogP contribution in [0.25, 0.3) is 0 Å². The van der Waals surface area contributed by atoms with E-state index >= 15 is 0 Å². The van der Waals surface area contributed by atoms with Gasteiger partial charge in [-0.25, -0.2) is 0 Å². The SMILES string of the molecule is O=C([C@H]1Cc2ccccc2S1)N1CCCC[C@@H]1Cn1cccn1. The minimum absolute atomic E-state index is 0.0469. The normalized spacial score (nSPS) is 23.7. The van der Waals surface area contributed by atoms with Gasteiger partial charge in [-0.3, -0.25) is 9.48 Å². The summed E-state index contributed by atoms with van der Waals surface area (Å²) in [6, 6.07) is 10.6. The van der Waals surface area contributed by atoms with E-state index in [0.29, 0.717) is 5.91 Å². The van der Waals surface area contributed by atoms with E-state index in [4.69, 9.17) is 0 Å². The number of benzene rings is 1. The van der Waals surface area contributed by atoms with E-state index in [0.717, 1.165) is 32.4 Å². The fourth-order valence-corrected chi connectivity index (χ4v) is 4.88. The molecule has 0 saturated carbocycles. The van der Waals surface area contributed by atoms with Crippen molar-refractivity contribution in [1.82, 2.24) is 14.7 Å². The van der Waals surface area contributed by atoms with Crippen LogP contribution in [0.4, 0.5) is 0 Å². The Labute approximate surface area is 140 Å². The molecule has 0 bridgehead atoms. The number of carbonyl (C=O) groups excluding carboxylic acids is 1. The van der Waals surface area contributed by atoms with Crippen molar-refractivity contribution in [3.05, 3.63) is 48.3 Å². The number of amides is 1. The molecule has 3 heterocycles. The topological polar surface area (TPSA) is 38.1 Å². The second kappa shape index (κ2) is 6.40. The van der Waals surface area contributed by atoms with Gasteiger partial charge in [0.05, 0.1) is 17.8 Å². The van der Waals surface area contributed by atoms with Gasteiger partial charge in [0.15, 0.2) is 0 Å². The van der Waals surface area contributed by atoms with Gasteiger partial charge in [0.1, 0.15) is 0 Å². The van der Waals surface area contributed by atoms with E-state index in [1.165, 1.54) is 16.9 Å². The van der Waals surface area contributed by atoms with Gasteiger partial charge in [-0.1, -0.05) is 18.2 Å². The van der Waals surface area contributed by atoms with Gasteiger partial charge in [-0.05, 0) is 43.4 Å². The molecule has 0 aliphatic carbocycles. The lowest BCUT2D eigenvalue weighted by molar-refractivity contribution is -0.134. The van der Waals surface area contributed by atoms with Gasteiger partial charge in [-0.2, -0.15) is 5.10 Å². The number of nitrogens with zero attached hydrogens (tertiary/aromatic N) is 3. The number of rotatable bonds is 3. The number of likely N-dealkylation sites (tertiary alicyclic amines) is 1. The largest absolute Gasteiger partial charge is 0.337 e. The van der Waals surface area contributed by atoms with Crippen LogP contribution in [-0.2, 0) is 17.8 Å². The Morgan fingerprint density at radius 2 is 2.17 bits per heavy atom. The molecule has 1 aromatic carbocycles. The Kier molecular flexibility index (Phi) is 4.12. The first-order valence-electron chi connectivity index (χ1n) is 8.34. The molecule has 2 atom stereocenters. The minimum Gasteiger partial charge on any atom is -0.337 e. The third-order valence-corrected chi connectivity index (χ3v) is 6.09. The van der Waals surface area contributed by atoms with Crippen molar-refractivity contribution >= 4 is 17.7 Å². The number of thioether (sulfide) groups is 1. The maximum Gasteiger partial charge on any atom is 0.236 e. The lowest BCUT2D eigenvalue weighted by Crippen LogP contribution is -2.49. The average Bonchev–Trinajstić information content (AvgIpc) is 3.23. The predicted octanol–water partition coefficient (Wildman–Crippen LogP) is 2.98. The van der Waals surface area contributed by atoms with Crippen molar-refractivity contribution in [1.29, 1.82) is 0 Å². The molecule has 1 amide bonds. The van der Waals surface area contributed by atoms with Crippen molar-refractivity contribution < 1.29 is 4.79 Å². The van der Waals surface area contributed by atoms with Crippen LogP contribution in [0.15, 0.2) is 47.6 Å². The molecule has 2 aromatic rings. The molecule has 5 heteroatoms. The third-order valence-electron chi connectivity index (χ3n) is 4.79. The maximum absolute atomic E-state index is 13.1. The summed E-state index contributed by atoms with van der Waals surface area (Å²) < 4.78 is 1.95. The third kappa shape index (κ3) is 3.02. The van der Waals surface area contributed by atoms with Crippen LogP contribution >= 0.6 is 11.8 Å². The molecule has 0 spiro atoms. The first kappa shape index (κ1) is 14.8. The van der Waals surface area contributed by atoms with E-state index in [1.54, 1.807) is 18.0 Å². The summed E-state index contributed by atoms with van der Waals surface area (Å²) in [5.74, 6) is 0.308. The highest BCUT2D eigenvalue weighted by Gasteiger charge is 2.35. The molecule has 1 fully saturated rings. The van der Waals surface area contributed by atoms with Gasteiger partial charge in [0.25, 0.3) is 0 Å². The van der Waals surface area contributed by atoms with E-state index in [2.05, 4.69) is 34.3 Å². The lowest BCUT2D eigenvalue weighted by atomic mass is 10.0. The second-order valence-electron chi connectivity index (χ2n) is 6.33. The van der Waals surface area contributed by atoms with Crippen molar-refractivity contribution in [2.75, 3.05) is 6.54 Å². The van der Waals surface area contributed by atoms with Crippen molar-refractivity contribution in [3.63, 3.8) is 0 Å². The molecule has 0 radical (unpaired) electrons. The van der Waals surface area contributed by atoms with Crippen LogP contribution in [0.5, 0.6) is 0 Å². The van der Waals surface area contributed by atoms with Crippen LogP contribution in [0.3, 0.4) is 0 Å². The van der Waals surface area contributed by atoms with Crippen LogP contribution < -0.4 is 0 Å². The van der Waals surface area contributed by atoms with E-state index < -0.39 is 0 Å². The zero-order valence-corrected chi connectivity index (χ0v) is 13.9. The van der Waals surface area contributed by atoms with Gasteiger partial charge in [0, 0.05) is 23.8 Å². The number of aromatic nitrogens is 2. The van der Waals surface area contributed by atoms with Crippen LogP contribution in [0, 0.1) is 0 Å². The molecule has 2 aliphatic rings. The smallest absolute Gasteiger partial charge is 0.236 e. The zero-order valence-electron chi connectivity index (χ0n) is 13.1. The van der Waals surface area contributed by atoms with Gasteiger partial charge in [-0.15, -0.1) is 11.8 Å². The summed E-state index contributed by atoms with van der Waals surface area (Å²) in [5.41, 5.74) is 1.32. The van der Waals surface area contributed by atoms with Crippen molar-refractivity contribution in [2.24, 2.45) is 0 Å². The van der Waals surface area contributed by atoms with Crippen LogP contribution in [-0.4, -0.2) is 38.4 Å². The van der Waals surface area contributed by atoms with E-state index in [9.17, 15) is 4.79 Å². The molecular formula is C18H21N3OS. The summed E-state index contributed by atoms with van der Waals surface area (Å²) in [5, 5.41) is 4.35. The Morgan fingerprint density at radius 3 is 3.00 bits per heavy atom. The Bertz CT molecular complexity index is 660. The maximum atomic E-state index is 13.1. The minimum atomic E-state index is 0.0469. The molecule has 1 saturated heterocycles. The molecule has 1 aromatic heterocycles. The number of carbonyl (C=O) groups is 1. The second-order valence-corrected chi connectivity index (χ2v) is 7.57. The molecule has 4 rings (SSSR count). The van der Waals surface area contributed by atoms with Crippen molar-refractivity contribution in [3.8, 4) is 0 Å². The molecular weight excluding hydrogens is 306 g/mol. The molecule has 4 nitrogen and oxygen atoms in total. The average molecular weight is 327 g/mol. The lowest BCUT2D eigenvalue weighted by Gasteiger charge is -2.37. The fraction of sp³-hybridized carbons (Fsp3) is 0.444. The monoisotopic (exact) mass is 327 g/mol. The summed E-state index contributed by atoms with van der Waals surface area (Å²) in [7, 11) is 0. The number of hydrogen-bond donors (Lipinski definition) is 0. The molecule has 120 valence electrons. The summed E-state index contributed by atoms with van der Waals surface area (Å²) in [4.78, 5) is 16.5. The highest BCUT2D eigenvalue weighted by atomic mass is 32.2. The molecule has 0 N–H and O–H groups in total. The van der Waals surface area contributed by atoms with E-state index in [-0.39, 0.29) is 11.3 Å². The van der Waals surface area contributed by atoms with Gasteiger partial charge >= 0.3 is 0 Å². The number of hydrogen-bond acceptors (Lipinski definition) is 3. The highest BCUT2D eigenvalue weighted by molar-refractivity contribution is 8.01. The Hall–Kier alpha value is -1.75. The standard InChI is InChI=1S/C18H21N3OS/c22-18(17-12-14-6-1-2-8-16(14)23-17)21-11-4-3-7-15(21)13-20-10-5-9-19-20/h1-2,5-6,8-10,15,17H,3-4,7,11-13H2/t15-,17-/m1/s1. The fourth-order valence-electron chi connectivity index (χ4n) is 3.61. The predicted molar refractivity (Wildman–Crippen MR) is 91.4 cm³/mol. The quantitative estimate of drug-likeness (QED) is 0.870. The summed E-state index contributed by atoms with van der Waals surface area (Å²) >= 11 is 1.73. The highest BCUT2D eigenvalue weighted by Crippen LogP contribution is 2.38. The first-order chi connectivity index (χ1) is 11.3. The molecule has 23 heavy (non-hydrogen) atoms. The van der Waals surface area contributed by atoms with Gasteiger partial charge in [0.2, 0.25) is 5.91 Å². The van der Waals surface area contributed by atoms with Crippen LogP contribution in [0.2, 0.25) is 0 Å². The zero-order chi connectivity index (χ0) is 15.6. The summed E-state index contributed by atoms with van der Waals surface area (Å²) in [6.07, 6.45) is 8.05. The van der Waals surface area contributed by atoms with E-state index in [1.807, 2.05) is 16.9 Å². The Morgan fingerprint density at radius 1 is 1.26 bits per heavy atom. The first-order valence-corrected chi connectivity index (χ1v) is 9.22. The number of piperidine rings is 1. The molecule has 2 aliphatic heterocycles. The number of fused-ring (bicyclic) bond motifs is 1.